The Kier molecular flexibility index (Phi) is 5.10. The van der Waals surface area contributed by atoms with Gasteiger partial charge in [0.05, 0.1) is 17.5 Å². The molecule has 2 heterocycles. The number of anilines is 1. The zero-order valence-corrected chi connectivity index (χ0v) is 16.2. The Bertz CT molecular complexity index is 1130. The van der Waals surface area contributed by atoms with E-state index < -0.39 is 21.7 Å². The molecule has 1 amide bonds. The van der Waals surface area contributed by atoms with Gasteiger partial charge in [0.15, 0.2) is 9.84 Å². The molecule has 0 N–H and O–H groups in total. The van der Waals surface area contributed by atoms with Crippen molar-refractivity contribution in [2.24, 2.45) is 0 Å². The van der Waals surface area contributed by atoms with Crippen LogP contribution in [0.5, 0.6) is 0 Å². The third-order valence-corrected chi connectivity index (χ3v) is 6.44. The topological polar surface area (TPSA) is 98.1 Å². The summed E-state index contributed by atoms with van der Waals surface area (Å²) in [5.41, 5.74) is 1.07. The second-order valence-corrected chi connectivity index (χ2v) is 9.04. The summed E-state index contributed by atoms with van der Waals surface area (Å²) in [5, 5.41) is 11.9. The summed E-state index contributed by atoms with van der Waals surface area (Å²) in [6.07, 6.45) is 0.377. The Morgan fingerprint density at radius 2 is 1.97 bits per heavy atom. The average molecular weight is 415 g/mol. The second-order valence-electron chi connectivity index (χ2n) is 6.81. The van der Waals surface area contributed by atoms with Gasteiger partial charge in [-0.2, -0.15) is 4.80 Å². The van der Waals surface area contributed by atoms with Gasteiger partial charge in [-0.15, -0.1) is 10.2 Å². The van der Waals surface area contributed by atoms with E-state index in [1.54, 1.807) is 30.3 Å². The number of benzene rings is 2. The van der Waals surface area contributed by atoms with Crippen LogP contribution in [0.4, 0.5) is 10.1 Å². The van der Waals surface area contributed by atoms with Gasteiger partial charge in [0.25, 0.3) is 5.91 Å². The largest absolute Gasteiger partial charge is 0.307 e. The Balaban J connectivity index is 1.57. The molecule has 1 aliphatic heterocycles. The van der Waals surface area contributed by atoms with E-state index in [0.29, 0.717) is 17.7 Å². The number of carbonyl (C=O) groups excluding carboxylic acids is 1. The highest BCUT2D eigenvalue weighted by molar-refractivity contribution is 7.91. The lowest BCUT2D eigenvalue weighted by atomic mass is 10.2. The zero-order valence-electron chi connectivity index (χ0n) is 15.3. The normalized spacial score (nSPS) is 17.9. The Hall–Kier alpha value is -3.14. The molecule has 0 saturated carbocycles. The van der Waals surface area contributed by atoms with Gasteiger partial charge in [-0.05, 0) is 35.9 Å². The lowest BCUT2D eigenvalue weighted by molar-refractivity contribution is -0.120. The highest BCUT2D eigenvalue weighted by Crippen LogP contribution is 2.25. The first-order valence-electron chi connectivity index (χ1n) is 9.02. The summed E-state index contributed by atoms with van der Waals surface area (Å²) < 4.78 is 37.3. The number of tetrazole rings is 1. The minimum absolute atomic E-state index is 0.0551. The van der Waals surface area contributed by atoms with E-state index in [1.165, 1.54) is 23.1 Å². The van der Waals surface area contributed by atoms with Crippen molar-refractivity contribution in [2.45, 2.75) is 19.0 Å². The summed E-state index contributed by atoms with van der Waals surface area (Å²) in [6.45, 7) is -0.215. The minimum atomic E-state index is -3.17. The van der Waals surface area contributed by atoms with Gasteiger partial charge in [0.2, 0.25) is 5.82 Å². The Morgan fingerprint density at radius 3 is 2.66 bits per heavy atom. The fourth-order valence-corrected chi connectivity index (χ4v) is 5.08. The molecule has 8 nitrogen and oxygen atoms in total. The number of hydrogen-bond acceptors (Lipinski definition) is 6. The number of rotatable bonds is 5. The second kappa shape index (κ2) is 7.70. The molecule has 1 saturated heterocycles. The third kappa shape index (κ3) is 4.32. The van der Waals surface area contributed by atoms with Crippen LogP contribution < -0.4 is 4.90 Å². The van der Waals surface area contributed by atoms with Crippen LogP contribution >= 0.6 is 0 Å². The van der Waals surface area contributed by atoms with Crippen molar-refractivity contribution in [3.63, 3.8) is 0 Å². The lowest BCUT2D eigenvalue weighted by Gasteiger charge is -2.28. The van der Waals surface area contributed by atoms with E-state index in [0.717, 1.165) is 4.80 Å². The van der Waals surface area contributed by atoms with Crippen molar-refractivity contribution in [3.05, 3.63) is 60.4 Å². The van der Waals surface area contributed by atoms with Crippen LogP contribution in [0.2, 0.25) is 0 Å². The van der Waals surface area contributed by atoms with Crippen molar-refractivity contribution in [2.75, 3.05) is 16.4 Å². The van der Waals surface area contributed by atoms with Gasteiger partial charge in [-0.25, -0.2) is 12.8 Å². The molecule has 0 bridgehead atoms. The minimum Gasteiger partial charge on any atom is -0.307 e. The highest BCUT2D eigenvalue weighted by Gasteiger charge is 2.35. The van der Waals surface area contributed by atoms with Gasteiger partial charge >= 0.3 is 0 Å². The number of nitrogens with zero attached hydrogens (tertiary/aromatic N) is 5. The van der Waals surface area contributed by atoms with Gasteiger partial charge in [0, 0.05) is 11.3 Å². The number of hydrogen-bond donors (Lipinski definition) is 0. The molecule has 1 fully saturated rings. The fourth-order valence-electron chi connectivity index (χ4n) is 3.38. The molecule has 0 aliphatic carbocycles. The molecule has 4 rings (SSSR count). The van der Waals surface area contributed by atoms with Crippen LogP contribution in [0.25, 0.3) is 11.4 Å². The molecule has 2 aromatic carbocycles. The van der Waals surface area contributed by atoms with Crippen LogP contribution in [0, 0.1) is 5.82 Å². The van der Waals surface area contributed by atoms with Crippen molar-refractivity contribution in [3.8, 4) is 11.4 Å². The predicted molar refractivity (Wildman–Crippen MR) is 104 cm³/mol. The number of amides is 1. The molecule has 0 spiro atoms. The molecule has 3 aromatic rings. The maximum atomic E-state index is 13.4. The zero-order chi connectivity index (χ0) is 20.4. The van der Waals surface area contributed by atoms with Gasteiger partial charge < -0.3 is 4.90 Å². The van der Waals surface area contributed by atoms with Crippen LogP contribution in [0.3, 0.4) is 0 Å². The van der Waals surface area contributed by atoms with Gasteiger partial charge in [-0.1, -0.05) is 30.3 Å². The van der Waals surface area contributed by atoms with E-state index in [2.05, 4.69) is 15.4 Å². The summed E-state index contributed by atoms with van der Waals surface area (Å²) in [4.78, 5) is 15.7. The lowest BCUT2D eigenvalue weighted by Crippen LogP contribution is -2.43. The summed E-state index contributed by atoms with van der Waals surface area (Å²) >= 11 is 0. The van der Waals surface area contributed by atoms with E-state index in [1.807, 2.05) is 6.07 Å². The maximum absolute atomic E-state index is 13.4. The van der Waals surface area contributed by atoms with E-state index in [-0.39, 0.29) is 29.8 Å². The fraction of sp³-hybridized carbons (Fsp3) is 0.263. The molecule has 0 radical (unpaired) electrons. The molecule has 1 aliphatic rings. The summed E-state index contributed by atoms with van der Waals surface area (Å²) in [6, 6.07) is 14.2. The molecule has 29 heavy (non-hydrogen) atoms. The van der Waals surface area contributed by atoms with Crippen molar-refractivity contribution in [1.29, 1.82) is 0 Å². The molecule has 150 valence electrons. The predicted octanol–water partition coefficient (Wildman–Crippen LogP) is 1.70. The molecule has 10 heteroatoms. The van der Waals surface area contributed by atoms with E-state index in [9.17, 15) is 17.6 Å². The first kappa shape index (κ1) is 19.2. The first-order chi connectivity index (χ1) is 13.9. The number of aromatic nitrogens is 4. The van der Waals surface area contributed by atoms with Crippen LogP contribution in [-0.2, 0) is 21.2 Å². The van der Waals surface area contributed by atoms with Crippen LogP contribution in [-0.4, -0.2) is 52.1 Å². The first-order valence-corrected chi connectivity index (χ1v) is 10.8. The molecule has 1 aromatic heterocycles. The summed E-state index contributed by atoms with van der Waals surface area (Å²) in [5.74, 6) is -0.590. The number of halogens is 1. The smallest absolute Gasteiger partial charge is 0.250 e. The molecular formula is C19H18FN5O3S. The highest BCUT2D eigenvalue weighted by atomic mass is 32.2. The molecular weight excluding hydrogens is 397 g/mol. The maximum Gasteiger partial charge on any atom is 0.250 e. The van der Waals surface area contributed by atoms with Crippen LogP contribution in [0.15, 0.2) is 54.6 Å². The average Bonchev–Trinajstić information content (AvgIpc) is 3.29. The third-order valence-electron chi connectivity index (χ3n) is 4.69. The van der Waals surface area contributed by atoms with Crippen molar-refractivity contribution >= 4 is 21.4 Å². The van der Waals surface area contributed by atoms with Gasteiger partial charge in [0.1, 0.15) is 12.4 Å². The number of para-hydroxylation sites is 1. The number of sulfone groups is 1. The monoisotopic (exact) mass is 415 g/mol. The van der Waals surface area contributed by atoms with Crippen LogP contribution in [0.1, 0.15) is 6.42 Å². The Morgan fingerprint density at radius 1 is 1.17 bits per heavy atom. The van der Waals surface area contributed by atoms with Gasteiger partial charge in [-0.3, -0.25) is 4.79 Å². The van der Waals surface area contributed by atoms with Crippen molar-refractivity contribution in [1.82, 2.24) is 20.2 Å². The summed E-state index contributed by atoms with van der Waals surface area (Å²) in [7, 11) is -3.17. The molecule has 0 unspecified atom stereocenters. The molecule has 1 atom stereocenters. The SMILES string of the molecule is O=C(Cn1nnc(-c2cccc(F)c2)n1)N(c1ccccc1)[C@H]1CCS(=O)(=O)C1. The Labute approximate surface area is 166 Å². The quantitative estimate of drug-likeness (QED) is 0.629. The number of carbonyl (C=O) groups is 1. The van der Waals surface area contributed by atoms with E-state index in [4.69, 9.17) is 0 Å². The van der Waals surface area contributed by atoms with E-state index >= 15 is 0 Å². The van der Waals surface area contributed by atoms with Crippen molar-refractivity contribution < 1.29 is 17.6 Å². The standard InChI is InChI=1S/C19H18FN5O3S/c20-15-6-4-5-14(11-15)19-21-23-24(22-19)12-18(26)25(16-7-2-1-3-8-16)17-9-10-29(27,28)13-17/h1-8,11,17H,9-10,12-13H2/t17-/m0/s1.